The number of hydrogen-bond acceptors (Lipinski definition) is 3. The van der Waals surface area contributed by atoms with Gasteiger partial charge in [-0.1, -0.05) is 6.58 Å². The van der Waals surface area contributed by atoms with Crippen LogP contribution in [0.5, 0.6) is 0 Å². The van der Waals surface area contributed by atoms with E-state index in [4.69, 9.17) is 5.73 Å². The number of piperidine rings is 1. The van der Waals surface area contributed by atoms with Crippen molar-refractivity contribution < 1.29 is 8.42 Å². The third-order valence-electron chi connectivity index (χ3n) is 2.07. The average Bonchev–Trinajstić information content (AvgIpc) is 2.05. The summed E-state index contributed by atoms with van der Waals surface area (Å²) in [6.07, 6.45) is 1.49. The molecule has 0 aliphatic carbocycles. The number of hydrogen-bond donors (Lipinski definition) is 1. The van der Waals surface area contributed by atoms with Crippen LogP contribution < -0.4 is 5.73 Å². The van der Waals surface area contributed by atoms with E-state index < -0.39 is 10.0 Å². The molecule has 12 heavy (non-hydrogen) atoms. The summed E-state index contributed by atoms with van der Waals surface area (Å²) in [5, 5.41) is 0.990. The van der Waals surface area contributed by atoms with Crippen LogP contribution >= 0.6 is 0 Å². The molecule has 1 heterocycles. The molecule has 70 valence electrons. The van der Waals surface area contributed by atoms with Crippen molar-refractivity contribution in [3.8, 4) is 0 Å². The monoisotopic (exact) mass is 190 g/mol. The second-order valence-electron chi connectivity index (χ2n) is 2.95. The summed E-state index contributed by atoms with van der Waals surface area (Å²) >= 11 is 0. The number of rotatable bonds is 2. The molecule has 0 aromatic carbocycles. The van der Waals surface area contributed by atoms with E-state index in [1.807, 2.05) is 0 Å². The first-order valence-corrected chi connectivity index (χ1v) is 5.45. The van der Waals surface area contributed by atoms with Crippen molar-refractivity contribution >= 4 is 10.0 Å². The summed E-state index contributed by atoms with van der Waals surface area (Å²) in [4.78, 5) is 0. The van der Waals surface area contributed by atoms with Gasteiger partial charge < -0.3 is 5.73 Å². The summed E-state index contributed by atoms with van der Waals surface area (Å²) in [5.74, 6) is 0. The molecule has 1 rings (SSSR count). The summed E-state index contributed by atoms with van der Waals surface area (Å²) in [7, 11) is -3.20. The number of nitrogens with two attached hydrogens (primary N) is 1. The molecule has 2 N–H and O–H groups in total. The van der Waals surface area contributed by atoms with Crippen LogP contribution in [-0.2, 0) is 10.0 Å². The molecule has 0 unspecified atom stereocenters. The van der Waals surface area contributed by atoms with Crippen LogP contribution in [-0.4, -0.2) is 31.9 Å². The van der Waals surface area contributed by atoms with Crippen molar-refractivity contribution in [1.29, 1.82) is 0 Å². The lowest BCUT2D eigenvalue weighted by molar-refractivity contribution is 0.323. The van der Waals surface area contributed by atoms with E-state index in [1.165, 1.54) is 4.31 Å². The van der Waals surface area contributed by atoms with Gasteiger partial charge in [-0.15, -0.1) is 0 Å². The second-order valence-corrected chi connectivity index (χ2v) is 4.83. The van der Waals surface area contributed by atoms with Gasteiger partial charge in [-0.05, 0) is 12.8 Å². The molecule has 4 nitrogen and oxygen atoms in total. The summed E-state index contributed by atoms with van der Waals surface area (Å²) in [5.41, 5.74) is 5.63. The zero-order valence-corrected chi connectivity index (χ0v) is 7.76. The highest BCUT2D eigenvalue weighted by atomic mass is 32.2. The van der Waals surface area contributed by atoms with Gasteiger partial charge in [0.1, 0.15) is 0 Å². The molecule has 1 saturated heterocycles. The molecular formula is C7H14N2O2S. The Hall–Kier alpha value is -0.390. The van der Waals surface area contributed by atoms with Crippen LogP contribution in [0.3, 0.4) is 0 Å². The Morgan fingerprint density at radius 3 is 2.33 bits per heavy atom. The van der Waals surface area contributed by atoms with Crippen molar-refractivity contribution in [2.75, 3.05) is 13.1 Å². The first kappa shape index (κ1) is 9.70. The quantitative estimate of drug-likeness (QED) is 0.660. The summed E-state index contributed by atoms with van der Waals surface area (Å²) in [6.45, 7) is 4.31. The molecule has 0 atom stereocenters. The molecule has 0 bridgehead atoms. The minimum atomic E-state index is -3.20. The van der Waals surface area contributed by atoms with E-state index >= 15 is 0 Å². The fourth-order valence-corrected chi connectivity index (χ4v) is 2.17. The zero-order chi connectivity index (χ0) is 9.19. The molecule has 0 aromatic rings. The fraction of sp³-hybridized carbons (Fsp3) is 0.714. The highest BCUT2D eigenvalue weighted by Gasteiger charge is 2.23. The minimum absolute atomic E-state index is 0.154. The molecule has 0 aromatic heterocycles. The molecule has 0 radical (unpaired) electrons. The molecule has 1 fully saturated rings. The van der Waals surface area contributed by atoms with Crippen molar-refractivity contribution in [3.05, 3.63) is 12.0 Å². The first-order valence-electron chi connectivity index (χ1n) is 3.94. The topological polar surface area (TPSA) is 63.4 Å². The lowest BCUT2D eigenvalue weighted by atomic mass is 10.1. The Bertz CT molecular complexity index is 253. The van der Waals surface area contributed by atoms with E-state index in [0.29, 0.717) is 13.1 Å². The molecule has 5 heteroatoms. The van der Waals surface area contributed by atoms with Crippen molar-refractivity contribution in [1.82, 2.24) is 4.31 Å². The van der Waals surface area contributed by atoms with Crippen LogP contribution in [0.4, 0.5) is 0 Å². The van der Waals surface area contributed by atoms with Crippen molar-refractivity contribution in [2.45, 2.75) is 18.9 Å². The zero-order valence-electron chi connectivity index (χ0n) is 6.94. The minimum Gasteiger partial charge on any atom is -0.328 e. The maximum Gasteiger partial charge on any atom is 0.235 e. The maximum absolute atomic E-state index is 11.2. The smallest absolute Gasteiger partial charge is 0.235 e. The van der Waals surface area contributed by atoms with Gasteiger partial charge in [-0.2, -0.15) is 4.31 Å². The Labute approximate surface area is 73.1 Å². The fourth-order valence-electron chi connectivity index (χ4n) is 1.24. The highest BCUT2D eigenvalue weighted by molar-refractivity contribution is 7.92. The Morgan fingerprint density at radius 1 is 1.42 bits per heavy atom. The summed E-state index contributed by atoms with van der Waals surface area (Å²) in [6, 6.07) is 0.154. The van der Waals surface area contributed by atoms with Crippen LogP contribution in [0.15, 0.2) is 12.0 Å². The molecular weight excluding hydrogens is 176 g/mol. The van der Waals surface area contributed by atoms with E-state index in [9.17, 15) is 8.42 Å². The van der Waals surface area contributed by atoms with E-state index in [1.54, 1.807) is 0 Å². The molecule has 0 saturated carbocycles. The summed E-state index contributed by atoms with van der Waals surface area (Å²) < 4.78 is 23.9. The van der Waals surface area contributed by atoms with Gasteiger partial charge in [0.25, 0.3) is 0 Å². The number of nitrogens with zero attached hydrogens (tertiary/aromatic N) is 1. The predicted octanol–water partition coefficient (Wildman–Crippen LogP) is -0.117. The average molecular weight is 190 g/mol. The Morgan fingerprint density at radius 2 is 1.92 bits per heavy atom. The van der Waals surface area contributed by atoms with Crippen LogP contribution in [0, 0.1) is 0 Å². The van der Waals surface area contributed by atoms with Crippen LogP contribution in [0.25, 0.3) is 0 Å². The van der Waals surface area contributed by atoms with Gasteiger partial charge >= 0.3 is 0 Å². The normalized spacial score (nSPS) is 22.4. The standard InChI is InChI=1S/C7H14N2O2S/c1-2-12(10,11)9-5-3-7(8)4-6-9/h2,7H,1,3-6,8H2. The molecule has 0 amide bonds. The largest absolute Gasteiger partial charge is 0.328 e. The van der Waals surface area contributed by atoms with Gasteiger partial charge in [0.2, 0.25) is 10.0 Å². The predicted molar refractivity (Wildman–Crippen MR) is 47.9 cm³/mol. The number of sulfonamides is 1. The van der Waals surface area contributed by atoms with Crippen molar-refractivity contribution in [3.63, 3.8) is 0 Å². The SMILES string of the molecule is C=CS(=O)(=O)N1CCC(N)CC1. The molecule has 1 aliphatic heterocycles. The van der Waals surface area contributed by atoms with Gasteiger partial charge in [0.05, 0.1) is 0 Å². The van der Waals surface area contributed by atoms with Crippen LogP contribution in [0.2, 0.25) is 0 Å². The van der Waals surface area contributed by atoms with Crippen molar-refractivity contribution in [2.24, 2.45) is 5.73 Å². The van der Waals surface area contributed by atoms with E-state index in [2.05, 4.69) is 6.58 Å². The lowest BCUT2D eigenvalue weighted by Gasteiger charge is -2.27. The Kier molecular flexibility index (Phi) is 2.87. The lowest BCUT2D eigenvalue weighted by Crippen LogP contribution is -2.41. The first-order chi connectivity index (χ1) is 5.56. The van der Waals surface area contributed by atoms with Gasteiger partial charge in [0.15, 0.2) is 0 Å². The van der Waals surface area contributed by atoms with E-state index in [0.717, 1.165) is 18.2 Å². The van der Waals surface area contributed by atoms with Crippen LogP contribution in [0.1, 0.15) is 12.8 Å². The van der Waals surface area contributed by atoms with E-state index in [-0.39, 0.29) is 6.04 Å². The highest BCUT2D eigenvalue weighted by Crippen LogP contribution is 2.12. The van der Waals surface area contributed by atoms with Gasteiger partial charge in [-0.3, -0.25) is 0 Å². The second kappa shape index (κ2) is 3.55. The third-order valence-corrected chi connectivity index (χ3v) is 3.58. The maximum atomic E-state index is 11.2. The molecule has 1 aliphatic rings. The Balaban J connectivity index is 2.62. The molecule has 0 spiro atoms. The third kappa shape index (κ3) is 2.06. The van der Waals surface area contributed by atoms with Gasteiger partial charge in [-0.25, -0.2) is 8.42 Å². The van der Waals surface area contributed by atoms with Gasteiger partial charge in [0, 0.05) is 24.5 Å².